The van der Waals surface area contributed by atoms with Crippen LogP contribution in [0.4, 0.5) is 4.79 Å². The monoisotopic (exact) mass is 266 g/mol. The van der Waals surface area contributed by atoms with E-state index in [1.54, 1.807) is 0 Å². The molecule has 2 amide bonds. The van der Waals surface area contributed by atoms with Crippen LogP contribution in [0.3, 0.4) is 0 Å². The molecule has 0 heterocycles. The van der Waals surface area contributed by atoms with Crippen LogP contribution in [0.2, 0.25) is 5.02 Å². The first-order chi connectivity index (χ1) is 8.66. The Morgan fingerprint density at radius 1 is 1.28 bits per heavy atom. The minimum atomic E-state index is -0.218. The van der Waals surface area contributed by atoms with E-state index in [1.165, 1.54) is 0 Å². The van der Waals surface area contributed by atoms with Crippen molar-refractivity contribution in [3.63, 3.8) is 0 Å². The van der Waals surface area contributed by atoms with Crippen LogP contribution in [0.25, 0.3) is 0 Å². The van der Waals surface area contributed by atoms with Crippen LogP contribution in [0.5, 0.6) is 0 Å². The van der Waals surface area contributed by atoms with E-state index < -0.39 is 0 Å². The molecule has 3 nitrogen and oxygen atoms in total. The summed E-state index contributed by atoms with van der Waals surface area (Å²) in [6.07, 6.45) is 4.28. The van der Waals surface area contributed by atoms with Crippen molar-refractivity contribution in [2.45, 2.75) is 38.1 Å². The molecule has 0 bridgehead atoms. The molecule has 1 aliphatic rings. The number of carbonyl (C=O) groups excluding carboxylic acids is 1. The smallest absolute Gasteiger partial charge is 0.315 e. The Balaban J connectivity index is 2.21. The first-order valence-corrected chi connectivity index (χ1v) is 6.86. The van der Waals surface area contributed by atoms with Gasteiger partial charge < -0.3 is 10.6 Å². The normalized spacial score (nSPS) is 17.4. The largest absolute Gasteiger partial charge is 0.338 e. The average molecular weight is 267 g/mol. The van der Waals surface area contributed by atoms with Gasteiger partial charge in [-0.15, -0.1) is 0 Å². The van der Waals surface area contributed by atoms with Crippen LogP contribution >= 0.6 is 11.6 Å². The summed E-state index contributed by atoms with van der Waals surface area (Å²) in [5, 5.41) is 6.66. The third kappa shape index (κ3) is 2.78. The Morgan fingerprint density at radius 2 is 1.89 bits per heavy atom. The molecule has 0 unspecified atom stereocenters. The zero-order valence-electron chi connectivity index (χ0n) is 10.6. The number of amides is 2. The van der Waals surface area contributed by atoms with Gasteiger partial charge >= 0.3 is 6.03 Å². The van der Waals surface area contributed by atoms with Crippen molar-refractivity contribution in [1.82, 2.24) is 10.6 Å². The van der Waals surface area contributed by atoms with Crippen molar-refractivity contribution in [1.29, 1.82) is 0 Å². The van der Waals surface area contributed by atoms with Crippen molar-refractivity contribution < 1.29 is 4.79 Å². The highest BCUT2D eigenvalue weighted by Crippen LogP contribution is 2.38. The first kappa shape index (κ1) is 13.2. The Bertz CT molecular complexity index is 410. The van der Waals surface area contributed by atoms with Gasteiger partial charge in [-0.25, -0.2) is 4.79 Å². The van der Waals surface area contributed by atoms with Gasteiger partial charge in [0.2, 0.25) is 0 Å². The van der Waals surface area contributed by atoms with E-state index in [0.29, 0.717) is 6.54 Å². The van der Waals surface area contributed by atoms with Crippen LogP contribution in [0, 0.1) is 0 Å². The quantitative estimate of drug-likeness (QED) is 0.865. The van der Waals surface area contributed by atoms with Gasteiger partial charge in [0.15, 0.2) is 0 Å². The summed E-state index contributed by atoms with van der Waals surface area (Å²) in [6, 6.07) is 7.71. The highest BCUT2D eigenvalue weighted by Gasteiger charge is 2.36. The minimum absolute atomic E-state index is 0.0886. The maximum Gasteiger partial charge on any atom is 0.315 e. The second-order valence-electron chi connectivity index (χ2n) is 4.78. The predicted octanol–water partition coefficient (Wildman–Crippen LogP) is 3.43. The lowest BCUT2D eigenvalue weighted by molar-refractivity contribution is 0.225. The first-order valence-electron chi connectivity index (χ1n) is 6.48. The second-order valence-corrected chi connectivity index (χ2v) is 5.22. The van der Waals surface area contributed by atoms with Crippen molar-refractivity contribution >= 4 is 17.6 Å². The fraction of sp³-hybridized carbons (Fsp3) is 0.500. The molecule has 1 fully saturated rings. The van der Waals surface area contributed by atoms with Crippen LogP contribution in [-0.4, -0.2) is 12.6 Å². The van der Waals surface area contributed by atoms with Crippen molar-refractivity contribution in [2.75, 3.05) is 6.54 Å². The maximum absolute atomic E-state index is 11.8. The standard InChI is InChI=1S/C14H19ClN2O/c1-2-16-13(18)17-14(9-3-4-10-14)11-5-7-12(15)8-6-11/h5-8H,2-4,9-10H2,1H3,(H2,16,17,18). The predicted molar refractivity (Wildman–Crippen MR) is 73.8 cm³/mol. The number of halogens is 1. The maximum atomic E-state index is 11.8. The SMILES string of the molecule is CCNC(=O)NC1(c2ccc(Cl)cc2)CCCC1. The molecular weight excluding hydrogens is 248 g/mol. The zero-order valence-corrected chi connectivity index (χ0v) is 11.4. The van der Waals surface area contributed by atoms with E-state index in [-0.39, 0.29) is 11.6 Å². The molecule has 2 rings (SSSR count). The van der Waals surface area contributed by atoms with Gasteiger partial charge in [-0.2, -0.15) is 0 Å². The van der Waals surface area contributed by atoms with Gasteiger partial charge in [0.25, 0.3) is 0 Å². The highest BCUT2D eigenvalue weighted by molar-refractivity contribution is 6.30. The van der Waals surface area contributed by atoms with Gasteiger partial charge in [-0.3, -0.25) is 0 Å². The van der Waals surface area contributed by atoms with Crippen LogP contribution < -0.4 is 10.6 Å². The van der Waals surface area contributed by atoms with Gasteiger partial charge in [0.1, 0.15) is 0 Å². The van der Waals surface area contributed by atoms with E-state index in [4.69, 9.17) is 11.6 Å². The Labute approximate surface area is 113 Å². The number of hydrogen-bond acceptors (Lipinski definition) is 1. The second kappa shape index (κ2) is 5.61. The van der Waals surface area contributed by atoms with E-state index in [2.05, 4.69) is 10.6 Å². The minimum Gasteiger partial charge on any atom is -0.338 e. The molecule has 98 valence electrons. The number of rotatable bonds is 3. The average Bonchev–Trinajstić information content (AvgIpc) is 2.79. The summed E-state index contributed by atoms with van der Waals surface area (Å²) >= 11 is 5.92. The number of urea groups is 1. The van der Waals surface area contributed by atoms with E-state index in [0.717, 1.165) is 36.3 Å². The van der Waals surface area contributed by atoms with E-state index >= 15 is 0 Å². The molecule has 0 aromatic heterocycles. The molecule has 0 aliphatic heterocycles. The summed E-state index contributed by atoms with van der Waals surface area (Å²) in [6.45, 7) is 2.56. The summed E-state index contributed by atoms with van der Waals surface area (Å²) in [5.41, 5.74) is 0.930. The molecule has 1 saturated carbocycles. The molecule has 0 saturated heterocycles. The third-order valence-electron chi connectivity index (χ3n) is 3.54. The lowest BCUT2D eigenvalue weighted by Crippen LogP contribution is -2.48. The highest BCUT2D eigenvalue weighted by atomic mass is 35.5. The van der Waals surface area contributed by atoms with Gasteiger partial charge in [-0.05, 0) is 37.5 Å². The molecule has 1 aliphatic carbocycles. The topological polar surface area (TPSA) is 41.1 Å². The lowest BCUT2D eigenvalue weighted by Gasteiger charge is -2.31. The van der Waals surface area contributed by atoms with Gasteiger partial charge in [-0.1, -0.05) is 36.6 Å². The lowest BCUT2D eigenvalue weighted by atomic mass is 9.88. The third-order valence-corrected chi connectivity index (χ3v) is 3.80. The molecule has 1 aromatic rings. The number of benzene rings is 1. The number of nitrogens with one attached hydrogen (secondary N) is 2. The Morgan fingerprint density at radius 3 is 2.44 bits per heavy atom. The van der Waals surface area contributed by atoms with Gasteiger partial charge in [0, 0.05) is 11.6 Å². The summed E-state index contributed by atoms with van der Waals surface area (Å²) < 4.78 is 0. The molecule has 1 aromatic carbocycles. The molecule has 0 atom stereocenters. The number of hydrogen-bond donors (Lipinski definition) is 2. The Kier molecular flexibility index (Phi) is 4.12. The number of carbonyl (C=O) groups is 1. The molecular formula is C14H19ClN2O. The van der Waals surface area contributed by atoms with Crippen LogP contribution in [0.15, 0.2) is 24.3 Å². The Hall–Kier alpha value is -1.22. The van der Waals surface area contributed by atoms with Crippen molar-refractivity contribution in [3.8, 4) is 0 Å². The van der Waals surface area contributed by atoms with Crippen LogP contribution in [0.1, 0.15) is 38.2 Å². The molecule has 0 radical (unpaired) electrons. The fourth-order valence-corrected chi connectivity index (χ4v) is 2.78. The van der Waals surface area contributed by atoms with E-state index in [9.17, 15) is 4.79 Å². The summed E-state index contributed by atoms with van der Waals surface area (Å²) in [5.74, 6) is 0. The van der Waals surface area contributed by atoms with Gasteiger partial charge in [0.05, 0.1) is 5.54 Å². The van der Waals surface area contributed by atoms with Crippen LogP contribution in [-0.2, 0) is 5.54 Å². The summed E-state index contributed by atoms with van der Waals surface area (Å²) in [4.78, 5) is 11.8. The summed E-state index contributed by atoms with van der Waals surface area (Å²) in [7, 11) is 0. The zero-order chi connectivity index (χ0) is 13.0. The van der Waals surface area contributed by atoms with Crippen molar-refractivity contribution in [2.24, 2.45) is 0 Å². The molecule has 18 heavy (non-hydrogen) atoms. The fourth-order valence-electron chi connectivity index (χ4n) is 2.66. The van der Waals surface area contributed by atoms with E-state index in [1.807, 2.05) is 31.2 Å². The molecule has 0 spiro atoms. The molecule has 4 heteroatoms. The molecule has 2 N–H and O–H groups in total. The van der Waals surface area contributed by atoms with Crippen molar-refractivity contribution in [3.05, 3.63) is 34.9 Å².